The molecule has 3 nitrogen and oxygen atoms in total. The maximum Gasteiger partial charge on any atom is 0.123 e. The number of nitrogens with zero attached hydrogens (tertiary/aromatic N) is 1. The standard InChI is InChI=1S/C23H29NO2/c1-22(2,3)18-9-12-21(20(15-18)23(4,5)6)26-14-13-25-19-10-7-17(16-24)8-11-19/h7-12,15H,13-14H2,1-6H3. The molecule has 26 heavy (non-hydrogen) atoms. The Hall–Kier alpha value is -2.47. The van der Waals surface area contributed by atoms with Gasteiger partial charge in [0.05, 0.1) is 11.6 Å². The molecule has 0 aliphatic heterocycles. The third-order valence-electron chi connectivity index (χ3n) is 4.25. The molecule has 0 saturated heterocycles. The van der Waals surface area contributed by atoms with Crippen molar-refractivity contribution < 1.29 is 9.47 Å². The lowest BCUT2D eigenvalue weighted by Gasteiger charge is -2.27. The van der Waals surface area contributed by atoms with Gasteiger partial charge in [0.25, 0.3) is 0 Å². The second-order valence-corrected chi connectivity index (χ2v) is 8.54. The number of hydrogen-bond donors (Lipinski definition) is 0. The van der Waals surface area contributed by atoms with Crippen LogP contribution >= 0.6 is 0 Å². The minimum Gasteiger partial charge on any atom is -0.490 e. The zero-order valence-corrected chi connectivity index (χ0v) is 16.7. The summed E-state index contributed by atoms with van der Waals surface area (Å²) in [5, 5.41) is 8.82. The Morgan fingerprint density at radius 3 is 1.96 bits per heavy atom. The molecule has 0 spiro atoms. The molecule has 3 heteroatoms. The molecule has 0 N–H and O–H groups in total. The quantitative estimate of drug-likeness (QED) is 0.657. The summed E-state index contributed by atoms with van der Waals surface area (Å²) in [5.41, 5.74) is 3.26. The summed E-state index contributed by atoms with van der Waals surface area (Å²) in [6, 6.07) is 15.7. The highest BCUT2D eigenvalue weighted by Gasteiger charge is 2.23. The Kier molecular flexibility index (Phi) is 5.97. The van der Waals surface area contributed by atoms with Crippen molar-refractivity contribution in [2.45, 2.75) is 52.4 Å². The van der Waals surface area contributed by atoms with Crippen LogP contribution in [0.2, 0.25) is 0 Å². The van der Waals surface area contributed by atoms with Crippen LogP contribution in [0.3, 0.4) is 0 Å². The lowest BCUT2D eigenvalue weighted by atomic mass is 9.80. The van der Waals surface area contributed by atoms with Gasteiger partial charge in [-0.15, -0.1) is 0 Å². The van der Waals surface area contributed by atoms with Gasteiger partial charge in [0, 0.05) is 0 Å². The van der Waals surface area contributed by atoms with Gasteiger partial charge < -0.3 is 9.47 Å². The fourth-order valence-corrected chi connectivity index (χ4v) is 2.65. The van der Waals surface area contributed by atoms with Gasteiger partial charge in [0.1, 0.15) is 24.7 Å². The first-order valence-corrected chi connectivity index (χ1v) is 9.02. The molecule has 0 saturated carbocycles. The van der Waals surface area contributed by atoms with Crippen molar-refractivity contribution in [3.63, 3.8) is 0 Å². The van der Waals surface area contributed by atoms with E-state index in [2.05, 4.69) is 65.8 Å². The first-order chi connectivity index (χ1) is 12.1. The largest absolute Gasteiger partial charge is 0.490 e. The predicted molar refractivity (Wildman–Crippen MR) is 106 cm³/mol. The highest BCUT2D eigenvalue weighted by molar-refractivity contribution is 5.43. The molecule has 0 atom stereocenters. The minimum absolute atomic E-state index is 0.00454. The van der Waals surface area contributed by atoms with Crippen LogP contribution in [-0.2, 0) is 10.8 Å². The van der Waals surface area contributed by atoms with Gasteiger partial charge in [0.15, 0.2) is 0 Å². The van der Waals surface area contributed by atoms with Gasteiger partial charge in [-0.05, 0) is 52.3 Å². The average Bonchev–Trinajstić information content (AvgIpc) is 2.57. The molecule has 2 aromatic rings. The first-order valence-electron chi connectivity index (χ1n) is 9.02. The summed E-state index contributed by atoms with van der Waals surface area (Å²) in [7, 11) is 0. The molecule has 0 fully saturated rings. The van der Waals surface area contributed by atoms with Crippen molar-refractivity contribution in [1.82, 2.24) is 0 Å². The maximum atomic E-state index is 8.82. The van der Waals surface area contributed by atoms with E-state index < -0.39 is 0 Å². The third-order valence-corrected chi connectivity index (χ3v) is 4.25. The lowest BCUT2D eigenvalue weighted by molar-refractivity contribution is 0.214. The number of rotatable bonds is 5. The van der Waals surface area contributed by atoms with E-state index in [1.54, 1.807) is 24.3 Å². The Morgan fingerprint density at radius 2 is 1.42 bits per heavy atom. The van der Waals surface area contributed by atoms with Crippen LogP contribution in [-0.4, -0.2) is 13.2 Å². The second kappa shape index (κ2) is 7.83. The Morgan fingerprint density at radius 1 is 0.808 bits per heavy atom. The van der Waals surface area contributed by atoms with E-state index >= 15 is 0 Å². The van der Waals surface area contributed by atoms with Gasteiger partial charge in [0.2, 0.25) is 0 Å². The number of hydrogen-bond acceptors (Lipinski definition) is 3. The van der Waals surface area contributed by atoms with Crippen LogP contribution in [0.25, 0.3) is 0 Å². The fraction of sp³-hybridized carbons (Fsp3) is 0.435. The number of benzene rings is 2. The molecule has 2 rings (SSSR count). The zero-order valence-electron chi connectivity index (χ0n) is 16.7. The van der Waals surface area contributed by atoms with Crippen molar-refractivity contribution in [3.8, 4) is 17.6 Å². The van der Waals surface area contributed by atoms with Crippen LogP contribution in [0.4, 0.5) is 0 Å². The monoisotopic (exact) mass is 351 g/mol. The van der Waals surface area contributed by atoms with E-state index in [1.165, 1.54) is 11.1 Å². The lowest BCUT2D eigenvalue weighted by Crippen LogP contribution is -2.18. The van der Waals surface area contributed by atoms with Crippen molar-refractivity contribution >= 4 is 0 Å². The van der Waals surface area contributed by atoms with Crippen molar-refractivity contribution in [1.29, 1.82) is 5.26 Å². The van der Waals surface area contributed by atoms with E-state index in [9.17, 15) is 0 Å². The Labute approximate surface area is 157 Å². The predicted octanol–water partition coefficient (Wildman–Crippen LogP) is 5.61. The average molecular weight is 351 g/mol. The number of ether oxygens (including phenoxy) is 2. The normalized spacial score (nSPS) is 11.7. The molecule has 138 valence electrons. The van der Waals surface area contributed by atoms with Crippen molar-refractivity contribution in [2.24, 2.45) is 0 Å². The molecular weight excluding hydrogens is 322 g/mol. The Balaban J connectivity index is 2.03. The molecule has 0 unspecified atom stereocenters. The first kappa shape index (κ1) is 19.8. The molecule has 0 heterocycles. The summed E-state index contributed by atoms with van der Waals surface area (Å²) >= 11 is 0. The highest BCUT2D eigenvalue weighted by Crippen LogP contribution is 2.35. The van der Waals surface area contributed by atoms with Gasteiger partial charge in [-0.25, -0.2) is 0 Å². The molecule has 0 aromatic heterocycles. The van der Waals surface area contributed by atoms with Crippen LogP contribution in [0.1, 0.15) is 58.2 Å². The van der Waals surface area contributed by atoms with Gasteiger partial charge in [-0.2, -0.15) is 5.26 Å². The molecular formula is C23H29NO2. The molecule has 0 aliphatic rings. The molecule has 2 aromatic carbocycles. The van der Waals surface area contributed by atoms with E-state index in [1.807, 2.05) is 0 Å². The molecule has 0 amide bonds. The SMILES string of the molecule is CC(C)(C)c1ccc(OCCOc2ccc(C#N)cc2)c(C(C)(C)C)c1. The Bertz CT molecular complexity index is 772. The van der Waals surface area contributed by atoms with Crippen LogP contribution in [0, 0.1) is 11.3 Å². The molecule has 0 aliphatic carbocycles. The van der Waals surface area contributed by atoms with Crippen LogP contribution in [0.5, 0.6) is 11.5 Å². The topological polar surface area (TPSA) is 42.2 Å². The third kappa shape index (κ3) is 5.26. The van der Waals surface area contributed by atoms with Crippen LogP contribution < -0.4 is 9.47 Å². The van der Waals surface area contributed by atoms with Gasteiger partial charge in [-0.3, -0.25) is 0 Å². The summed E-state index contributed by atoms with van der Waals surface area (Å²) in [6.07, 6.45) is 0. The van der Waals surface area contributed by atoms with Crippen molar-refractivity contribution in [3.05, 3.63) is 59.2 Å². The maximum absolute atomic E-state index is 8.82. The second-order valence-electron chi connectivity index (χ2n) is 8.54. The van der Waals surface area contributed by atoms with E-state index in [4.69, 9.17) is 14.7 Å². The summed E-state index contributed by atoms with van der Waals surface area (Å²) in [5.74, 6) is 1.65. The van der Waals surface area contributed by atoms with E-state index in [0.29, 0.717) is 18.8 Å². The fourth-order valence-electron chi connectivity index (χ4n) is 2.65. The zero-order chi connectivity index (χ0) is 19.4. The smallest absolute Gasteiger partial charge is 0.123 e. The molecule has 0 radical (unpaired) electrons. The highest BCUT2D eigenvalue weighted by atomic mass is 16.5. The van der Waals surface area contributed by atoms with Gasteiger partial charge in [-0.1, -0.05) is 53.7 Å². The van der Waals surface area contributed by atoms with Crippen molar-refractivity contribution in [2.75, 3.05) is 13.2 Å². The summed E-state index contributed by atoms with van der Waals surface area (Å²) < 4.78 is 11.7. The van der Waals surface area contributed by atoms with E-state index in [-0.39, 0.29) is 10.8 Å². The van der Waals surface area contributed by atoms with Crippen LogP contribution in [0.15, 0.2) is 42.5 Å². The minimum atomic E-state index is 0.00454. The number of nitriles is 1. The van der Waals surface area contributed by atoms with E-state index in [0.717, 1.165) is 11.5 Å². The molecule has 0 bridgehead atoms. The summed E-state index contributed by atoms with van der Waals surface area (Å²) in [4.78, 5) is 0. The van der Waals surface area contributed by atoms with Gasteiger partial charge >= 0.3 is 0 Å². The summed E-state index contributed by atoms with van der Waals surface area (Å²) in [6.45, 7) is 14.2.